The van der Waals surface area contributed by atoms with Crippen molar-refractivity contribution in [2.75, 3.05) is 23.9 Å². The van der Waals surface area contributed by atoms with Crippen LogP contribution >= 0.6 is 0 Å². The Morgan fingerprint density at radius 3 is 2.74 bits per heavy atom. The molecule has 0 aromatic heterocycles. The third kappa shape index (κ3) is 4.63. The molecule has 0 fully saturated rings. The van der Waals surface area contributed by atoms with E-state index in [1.165, 1.54) is 12.1 Å². The summed E-state index contributed by atoms with van der Waals surface area (Å²) >= 11 is 0. The first-order valence-electron chi connectivity index (χ1n) is 6.09. The van der Waals surface area contributed by atoms with Gasteiger partial charge in [0.15, 0.2) is 0 Å². The Kier molecular flexibility index (Phi) is 5.95. The maximum Gasteiger partial charge on any atom is 0.253 e. The van der Waals surface area contributed by atoms with Crippen molar-refractivity contribution in [3.05, 3.63) is 29.6 Å². The van der Waals surface area contributed by atoms with Gasteiger partial charge in [0.05, 0.1) is 11.3 Å². The highest BCUT2D eigenvalue weighted by atomic mass is 32.2. The van der Waals surface area contributed by atoms with E-state index in [0.717, 1.165) is 0 Å². The van der Waals surface area contributed by atoms with Gasteiger partial charge in [-0.25, -0.2) is 4.39 Å². The van der Waals surface area contributed by atoms with Crippen LogP contribution in [0.2, 0.25) is 0 Å². The Bertz CT molecular complexity index is 480. The van der Waals surface area contributed by atoms with Crippen LogP contribution in [0.3, 0.4) is 0 Å². The van der Waals surface area contributed by atoms with Crippen LogP contribution < -0.4 is 10.6 Å². The Labute approximate surface area is 115 Å². The van der Waals surface area contributed by atoms with Gasteiger partial charge in [-0.05, 0) is 26.0 Å². The zero-order valence-corrected chi connectivity index (χ0v) is 12.1. The zero-order valence-electron chi connectivity index (χ0n) is 11.3. The molecule has 106 valence electrons. The first-order valence-corrected chi connectivity index (χ1v) is 7.81. The lowest BCUT2D eigenvalue weighted by atomic mass is 10.1. The molecular weight excluding hydrogens is 267 g/mol. The molecule has 0 bridgehead atoms. The van der Waals surface area contributed by atoms with Crippen molar-refractivity contribution in [1.29, 1.82) is 0 Å². The van der Waals surface area contributed by atoms with Crippen molar-refractivity contribution >= 4 is 22.4 Å². The highest BCUT2D eigenvalue weighted by molar-refractivity contribution is 7.84. The summed E-state index contributed by atoms with van der Waals surface area (Å²) in [5.41, 5.74) is 0.461. The minimum absolute atomic E-state index is 0.201. The Hall–Kier alpha value is -1.43. The van der Waals surface area contributed by atoms with Crippen molar-refractivity contribution in [2.45, 2.75) is 19.9 Å². The first kappa shape index (κ1) is 15.6. The van der Waals surface area contributed by atoms with Gasteiger partial charge >= 0.3 is 0 Å². The number of rotatable bonds is 6. The van der Waals surface area contributed by atoms with Crippen LogP contribution in [0.5, 0.6) is 0 Å². The molecule has 2 N–H and O–H groups in total. The summed E-state index contributed by atoms with van der Waals surface area (Å²) < 4.78 is 24.7. The van der Waals surface area contributed by atoms with E-state index < -0.39 is 16.6 Å². The Morgan fingerprint density at radius 1 is 1.47 bits per heavy atom. The molecule has 0 radical (unpaired) electrons. The average Bonchev–Trinajstić information content (AvgIpc) is 2.30. The predicted molar refractivity (Wildman–Crippen MR) is 76.4 cm³/mol. The van der Waals surface area contributed by atoms with E-state index in [2.05, 4.69) is 10.6 Å². The van der Waals surface area contributed by atoms with Gasteiger partial charge < -0.3 is 10.6 Å². The van der Waals surface area contributed by atoms with Gasteiger partial charge in [0.25, 0.3) is 5.91 Å². The van der Waals surface area contributed by atoms with E-state index in [0.29, 0.717) is 12.3 Å². The summed E-state index contributed by atoms with van der Waals surface area (Å²) in [6.45, 7) is 4.12. The normalized spacial score (nSPS) is 13.7. The number of benzene rings is 1. The quantitative estimate of drug-likeness (QED) is 0.837. The van der Waals surface area contributed by atoms with Gasteiger partial charge in [0.2, 0.25) is 0 Å². The molecule has 0 aliphatic rings. The second-order valence-corrected chi connectivity index (χ2v) is 5.79. The van der Waals surface area contributed by atoms with Crippen molar-refractivity contribution < 1.29 is 13.4 Å². The van der Waals surface area contributed by atoms with Gasteiger partial charge in [-0.3, -0.25) is 9.00 Å². The topological polar surface area (TPSA) is 58.2 Å². The predicted octanol–water partition coefficient (Wildman–Crippen LogP) is 1.75. The minimum Gasteiger partial charge on any atom is -0.382 e. The number of hydrogen-bond donors (Lipinski definition) is 2. The maximum atomic E-state index is 13.7. The van der Waals surface area contributed by atoms with Crippen molar-refractivity contribution in [1.82, 2.24) is 5.32 Å². The highest BCUT2D eigenvalue weighted by Gasteiger charge is 2.16. The van der Waals surface area contributed by atoms with Crippen molar-refractivity contribution in [3.8, 4) is 0 Å². The van der Waals surface area contributed by atoms with Crippen LogP contribution in [-0.4, -0.2) is 34.7 Å². The minimum atomic E-state index is -0.986. The highest BCUT2D eigenvalue weighted by Crippen LogP contribution is 2.19. The van der Waals surface area contributed by atoms with Crippen LogP contribution in [-0.2, 0) is 10.8 Å². The second kappa shape index (κ2) is 7.23. The van der Waals surface area contributed by atoms with Crippen molar-refractivity contribution in [3.63, 3.8) is 0 Å². The molecule has 0 saturated carbocycles. The van der Waals surface area contributed by atoms with Crippen LogP contribution in [0, 0.1) is 5.82 Å². The molecule has 0 aliphatic heterocycles. The molecule has 0 aliphatic carbocycles. The zero-order chi connectivity index (χ0) is 14.4. The average molecular weight is 286 g/mol. The van der Waals surface area contributed by atoms with Gasteiger partial charge in [0.1, 0.15) is 5.82 Å². The lowest BCUT2D eigenvalue weighted by molar-refractivity contribution is 0.0944. The molecule has 0 spiro atoms. The number of carbonyl (C=O) groups is 1. The van der Waals surface area contributed by atoms with E-state index in [1.54, 1.807) is 19.2 Å². The number of amides is 1. The molecule has 1 aromatic carbocycles. The first-order chi connectivity index (χ1) is 8.95. The molecule has 0 saturated heterocycles. The van der Waals surface area contributed by atoms with Gasteiger partial charge in [-0.2, -0.15) is 0 Å². The largest absolute Gasteiger partial charge is 0.382 e. The van der Waals surface area contributed by atoms with E-state index in [4.69, 9.17) is 0 Å². The third-order valence-electron chi connectivity index (χ3n) is 2.47. The standard InChI is InChI=1S/C13H19FN2O2S/c1-4-15-12-10(6-5-7-11(12)14)13(17)16-9(2)8-19(3)18/h5-7,9,15H,4,8H2,1-3H3,(H,16,17). The Morgan fingerprint density at radius 2 is 2.16 bits per heavy atom. The van der Waals surface area contributed by atoms with Crippen LogP contribution in [0.25, 0.3) is 0 Å². The summed E-state index contributed by atoms with van der Waals surface area (Å²) in [4.78, 5) is 12.1. The monoisotopic (exact) mass is 286 g/mol. The molecule has 1 aromatic rings. The lowest BCUT2D eigenvalue weighted by Crippen LogP contribution is -2.36. The number of anilines is 1. The summed E-state index contributed by atoms with van der Waals surface area (Å²) in [7, 11) is -0.986. The molecule has 19 heavy (non-hydrogen) atoms. The van der Waals surface area contributed by atoms with E-state index in [1.807, 2.05) is 6.92 Å². The third-order valence-corrected chi connectivity index (χ3v) is 3.44. The van der Waals surface area contributed by atoms with Crippen LogP contribution in [0.4, 0.5) is 10.1 Å². The smallest absolute Gasteiger partial charge is 0.253 e. The summed E-state index contributed by atoms with van der Waals surface area (Å²) in [6, 6.07) is 4.13. The van der Waals surface area contributed by atoms with Crippen LogP contribution in [0.15, 0.2) is 18.2 Å². The molecule has 1 amide bonds. The SMILES string of the molecule is CCNc1c(F)cccc1C(=O)NC(C)CS(C)=O. The summed E-state index contributed by atoms with van der Waals surface area (Å²) in [5, 5.41) is 5.56. The molecule has 6 heteroatoms. The Balaban J connectivity index is 2.87. The van der Waals surface area contributed by atoms with Crippen molar-refractivity contribution in [2.24, 2.45) is 0 Å². The van der Waals surface area contributed by atoms with E-state index >= 15 is 0 Å². The second-order valence-electron chi connectivity index (χ2n) is 4.31. The molecule has 1 rings (SSSR count). The fraction of sp³-hybridized carbons (Fsp3) is 0.462. The summed E-state index contributed by atoms with van der Waals surface area (Å²) in [5.74, 6) is -0.452. The fourth-order valence-corrected chi connectivity index (χ4v) is 2.55. The maximum absolute atomic E-state index is 13.7. The molecule has 0 heterocycles. The number of para-hydroxylation sites is 1. The van der Waals surface area contributed by atoms with Crippen LogP contribution in [0.1, 0.15) is 24.2 Å². The lowest BCUT2D eigenvalue weighted by Gasteiger charge is -2.15. The van der Waals surface area contributed by atoms with Gasteiger partial charge in [0, 0.05) is 35.4 Å². The van der Waals surface area contributed by atoms with Gasteiger partial charge in [-0.1, -0.05) is 6.07 Å². The number of carbonyl (C=O) groups excluding carboxylic acids is 1. The molecule has 2 unspecified atom stereocenters. The molecule has 4 nitrogen and oxygen atoms in total. The molecular formula is C13H19FN2O2S. The number of hydrogen-bond acceptors (Lipinski definition) is 3. The molecule has 2 atom stereocenters. The number of nitrogens with one attached hydrogen (secondary N) is 2. The number of halogens is 1. The van der Waals surface area contributed by atoms with E-state index in [9.17, 15) is 13.4 Å². The van der Waals surface area contributed by atoms with E-state index in [-0.39, 0.29) is 23.2 Å². The van der Waals surface area contributed by atoms with Gasteiger partial charge in [-0.15, -0.1) is 0 Å². The fourth-order valence-electron chi connectivity index (χ4n) is 1.77. The summed E-state index contributed by atoms with van der Waals surface area (Å²) in [6.07, 6.45) is 1.58.